The largest absolute Gasteiger partial charge is 0.494 e. The van der Waals surface area contributed by atoms with Crippen molar-refractivity contribution in [3.8, 4) is 17.1 Å². The summed E-state index contributed by atoms with van der Waals surface area (Å²) in [6.07, 6.45) is 5.29. The van der Waals surface area contributed by atoms with Crippen LogP contribution in [0.3, 0.4) is 0 Å². The first-order chi connectivity index (χ1) is 14.5. The summed E-state index contributed by atoms with van der Waals surface area (Å²) in [5, 5.41) is 8.73. The van der Waals surface area contributed by atoms with Crippen LogP contribution in [0, 0.1) is 6.92 Å². The quantitative estimate of drug-likeness (QED) is 0.614. The fraction of sp³-hybridized carbons (Fsp3) is 0.435. The monoisotopic (exact) mass is 408 g/mol. The number of carbonyl (C=O) groups excluding carboxylic acids is 1. The number of nitrogens with zero attached hydrogens (tertiary/aromatic N) is 4. The normalized spacial score (nSPS) is 16.6. The van der Waals surface area contributed by atoms with Crippen LogP contribution in [0.1, 0.15) is 49.2 Å². The van der Waals surface area contributed by atoms with Crippen LogP contribution in [0.2, 0.25) is 0 Å². The molecule has 0 unspecified atom stereocenters. The number of amides is 1. The summed E-state index contributed by atoms with van der Waals surface area (Å²) >= 11 is 0. The third-order valence-electron chi connectivity index (χ3n) is 5.48. The Balaban J connectivity index is 1.57. The average Bonchev–Trinajstić information content (AvgIpc) is 3.35. The minimum Gasteiger partial charge on any atom is -0.494 e. The molecule has 1 atom stereocenters. The summed E-state index contributed by atoms with van der Waals surface area (Å²) in [4.78, 5) is 15.2. The maximum absolute atomic E-state index is 13.2. The Labute approximate surface area is 176 Å². The lowest BCUT2D eigenvalue weighted by Gasteiger charge is -2.35. The lowest BCUT2D eigenvalue weighted by atomic mass is 9.95. The van der Waals surface area contributed by atoms with Gasteiger partial charge < -0.3 is 14.2 Å². The average molecular weight is 409 g/mol. The standard InChI is InChI=1S/C23H28N4O3/c1-4-29-18-10-8-17(9-11-18)14-22(28)27-12-6-5-7-20(27)23-19(15-26(3)24-23)21-13-16(2)25-30-21/h8-11,13,15,20H,4-7,12,14H2,1-3H3/t20-/m0/s1. The number of benzene rings is 1. The number of likely N-dealkylation sites (tertiary alicyclic amines) is 1. The summed E-state index contributed by atoms with van der Waals surface area (Å²) in [6.45, 7) is 5.23. The van der Waals surface area contributed by atoms with Crippen molar-refractivity contribution in [3.63, 3.8) is 0 Å². The SMILES string of the molecule is CCOc1ccc(CC(=O)N2CCCC[C@H]2c2nn(C)cc2-c2cc(C)no2)cc1. The van der Waals surface area contributed by atoms with E-state index in [1.807, 2.05) is 62.3 Å². The van der Waals surface area contributed by atoms with E-state index >= 15 is 0 Å². The van der Waals surface area contributed by atoms with E-state index in [-0.39, 0.29) is 11.9 Å². The molecule has 0 radical (unpaired) electrons. The van der Waals surface area contributed by atoms with Crippen LogP contribution in [0.25, 0.3) is 11.3 Å². The van der Waals surface area contributed by atoms with E-state index in [9.17, 15) is 4.79 Å². The smallest absolute Gasteiger partial charge is 0.227 e. The molecule has 1 saturated heterocycles. The molecule has 1 amide bonds. The Hall–Kier alpha value is -3.09. The number of hydrogen-bond acceptors (Lipinski definition) is 5. The number of ether oxygens (including phenoxy) is 1. The zero-order valence-electron chi connectivity index (χ0n) is 17.8. The fourth-order valence-corrected chi connectivity index (χ4v) is 4.09. The van der Waals surface area contributed by atoms with Gasteiger partial charge in [-0.25, -0.2) is 0 Å². The van der Waals surface area contributed by atoms with E-state index in [0.29, 0.717) is 18.8 Å². The van der Waals surface area contributed by atoms with E-state index in [1.54, 1.807) is 4.68 Å². The van der Waals surface area contributed by atoms with E-state index < -0.39 is 0 Å². The highest BCUT2D eigenvalue weighted by molar-refractivity contribution is 5.79. The van der Waals surface area contributed by atoms with Crippen molar-refractivity contribution in [1.82, 2.24) is 19.8 Å². The highest BCUT2D eigenvalue weighted by atomic mass is 16.5. The Morgan fingerprint density at radius 3 is 2.77 bits per heavy atom. The molecule has 7 heteroatoms. The molecule has 1 aliphatic rings. The van der Waals surface area contributed by atoms with E-state index in [2.05, 4.69) is 5.16 Å². The van der Waals surface area contributed by atoms with Crippen LogP contribution in [0.4, 0.5) is 0 Å². The van der Waals surface area contributed by atoms with Crippen molar-refractivity contribution in [3.05, 3.63) is 53.5 Å². The van der Waals surface area contributed by atoms with Gasteiger partial charge in [0.25, 0.3) is 0 Å². The van der Waals surface area contributed by atoms with E-state index in [1.165, 1.54) is 0 Å². The summed E-state index contributed by atoms with van der Waals surface area (Å²) in [5.41, 5.74) is 3.60. The van der Waals surface area contributed by atoms with Gasteiger partial charge in [0.1, 0.15) is 5.75 Å². The third-order valence-corrected chi connectivity index (χ3v) is 5.48. The van der Waals surface area contributed by atoms with Crippen LogP contribution < -0.4 is 4.74 Å². The highest BCUT2D eigenvalue weighted by Crippen LogP contribution is 2.36. The molecular weight excluding hydrogens is 380 g/mol. The molecule has 4 rings (SSSR count). The van der Waals surface area contributed by atoms with Gasteiger partial charge in [0, 0.05) is 25.9 Å². The van der Waals surface area contributed by atoms with Crippen molar-refractivity contribution >= 4 is 5.91 Å². The highest BCUT2D eigenvalue weighted by Gasteiger charge is 2.32. The van der Waals surface area contributed by atoms with Gasteiger partial charge in [0.05, 0.1) is 36.0 Å². The molecule has 0 saturated carbocycles. The third kappa shape index (κ3) is 4.25. The molecule has 1 aromatic carbocycles. The lowest BCUT2D eigenvalue weighted by Crippen LogP contribution is -2.39. The van der Waals surface area contributed by atoms with Gasteiger partial charge in [-0.1, -0.05) is 17.3 Å². The van der Waals surface area contributed by atoms with E-state index in [0.717, 1.165) is 54.1 Å². The predicted octanol–water partition coefficient (Wildman–Crippen LogP) is 4.08. The number of rotatable bonds is 6. The van der Waals surface area contributed by atoms with Crippen LogP contribution >= 0.6 is 0 Å². The minimum absolute atomic E-state index is 0.0597. The molecule has 0 N–H and O–H groups in total. The molecule has 1 fully saturated rings. The van der Waals surface area contributed by atoms with Gasteiger partial charge in [-0.15, -0.1) is 0 Å². The van der Waals surface area contributed by atoms with Gasteiger partial charge >= 0.3 is 0 Å². The Bertz CT molecular complexity index is 1010. The van der Waals surface area contributed by atoms with Crippen LogP contribution in [0.5, 0.6) is 5.75 Å². The maximum atomic E-state index is 13.2. The van der Waals surface area contributed by atoms with Crippen LogP contribution in [-0.4, -0.2) is 38.9 Å². The first-order valence-electron chi connectivity index (χ1n) is 10.5. The molecule has 7 nitrogen and oxygen atoms in total. The molecule has 30 heavy (non-hydrogen) atoms. The Morgan fingerprint density at radius 1 is 1.27 bits per heavy atom. The molecule has 1 aliphatic heterocycles. The molecule has 0 bridgehead atoms. The molecule has 0 aliphatic carbocycles. The minimum atomic E-state index is -0.0597. The second kappa shape index (κ2) is 8.73. The molecule has 158 valence electrons. The molecule has 2 aromatic heterocycles. The summed E-state index contributed by atoms with van der Waals surface area (Å²) < 4.78 is 12.8. The van der Waals surface area contributed by atoms with Crippen molar-refractivity contribution in [2.75, 3.05) is 13.2 Å². The zero-order valence-corrected chi connectivity index (χ0v) is 17.8. The van der Waals surface area contributed by atoms with Crippen LogP contribution in [-0.2, 0) is 18.3 Å². The van der Waals surface area contributed by atoms with Gasteiger partial charge in [-0.3, -0.25) is 9.48 Å². The Morgan fingerprint density at radius 2 is 2.07 bits per heavy atom. The second-order valence-corrected chi connectivity index (χ2v) is 7.79. The van der Waals surface area contributed by atoms with Crippen molar-refractivity contribution in [1.29, 1.82) is 0 Å². The van der Waals surface area contributed by atoms with Gasteiger partial charge in [0.2, 0.25) is 5.91 Å². The van der Waals surface area contributed by atoms with Gasteiger partial charge in [-0.05, 0) is 50.8 Å². The first-order valence-corrected chi connectivity index (χ1v) is 10.5. The van der Waals surface area contributed by atoms with Crippen molar-refractivity contribution in [2.45, 2.75) is 45.6 Å². The summed E-state index contributed by atoms with van der Waals surface area (Å²) in [7, 11) is 1.89. The fourth-order valence-electron chi connectivity index (χ4n) is 4.09. The Kier molecular flexibility index (Phi) is 5.88. The second-order valence-electron chi connectivity index (χ2n) is 7.79. The number of aromatic nitrogens is 3. The molecule has 3 aromatic rings. The number of piperidine rings is 1. The number of hydrogen-bond donors (Lipinski definition) is 0. The van der Waals surface area contributed by atoms with Crippen LogP contribution in [0.15, 0.2) is 41.1 Å². The van der Waals surface area contributed by atoms with Crippen molar-refractivity contribution in [2.24, 2.45) is 7.05 Å². The van der Waals surface area contributed by atoms with Gasteiger partial charge in [-0.2, -0.15) is 5.10 Å². The number of aryl methyl sites for hydroxylation is 2. The molecular formula is C23H28N4O3. The van der Waals surface area contributed by atoms with Gasteiger partial charge in [0.15, 0.2) is 5.76 Å². The van der Waals surface area contributed by atoms with E-state index in [4.69, 9.17) is 14.4 Å². The number of carbonyl (C=O) groups is 1. The first kappa shape index (κ1) is 20.2. The van der Waals surface area contributed by atoms with Crippen molar-refractivity contribution < 1.29 is 14.1 Å². The lowest BCUT2D eigenvalue weighted by molar-refractivity contribution is -0.134. The molecule has 3 heterocycles. The predicted molar refractivity (Wildman–Crippen MR) is 113 cm³/mol. The summed E-state index contributed by atoms with van der Waals surface area (Å²) in [6, 6.07) is 9.62. The maximum Gasteiger partial charge on any atom is 0.227 e. The molecule has 0 spiro atoms. The zero-order chi connectivity index (χ0) is 21.1. The topological polar surface area (TPSA) is 73.4 Å². The summed E-state index contributed by atoms with van der Waals surface area (Å²) in [5.74, 6) is 1.64.